The largest absolute Gasteiger partial charge is 0.466 e. The molecule has 1 aliphatic rings. The Labute approximate surface area is 136 Å². The molecule has 0 bridgehead atoms. The molecule has 0 saturated carbocycles. The summed E-state index contributed by atoms with van der Waals surface area (Å²) in [7, 11) is 1.18. The number of non-ortho nitro benzene ring substituents is 1. The molecule has 0 radical (unpaired) electrons. The minimum Gasteiger partial charge on any atom is -0.466 e. The van der Waals surface area contributed by atoms with Crippen LogP contribution in [-0.4, -0.2) is 29.8 Å². The van der Waals surface area contributed by atoms with Gasteiger partial charge in [0.25, 0.3) is 5.69 Å². The highest BCUT2D eigenvalue weighted by Crippen LogP contribution is 2.26. The van der Waals surface area contributed by atoms with E-state index in [0.717, 1.165) is 0 Å². The number of nitro groups is 1. The third-order valence-corrected chi connectivity index (χ3v) is 3.54. The Balaban J connectivity index is 2.23. The summed E-state index contributed by atoms with van der Waals surface area (Å²) >= 11 is 0. The first-order valence-corrected chi connectivity index (χ1v) is 6.97. The van der Waals surface area contributed by atoms with E-state index in [1.807, 2.05) is 0 Å². The fourth-order valence-electron chi connectivity index (χ4n) is 2.40. The molecular weight excluding hydrogens is 318 g/mol. The lowest BCUT2D eigenvalue weighted by molar-refractivity contribution is -0.384. The smallest absolute Gasteiger partial charge is 0.336 e. The number of nitrogens with one attached hydrogen (secondary N) is 2. The Hall–Kier alpha value is -3.23. The lowest BCUT2D eigenvalue weighted by atomic mass is 9.89. The highest BCUT2D eigenvalue weighted by Gasteiger charge is 2.36. The predicted molar refractivity (Wildman–Crippen MR) is 82.7 cm³/mol. The molecule has 0 spiro atoms. The second-order valence-corrected chi connectivity index (χ2v) is 5.13. The summed E-state index contributed by atoms with van der Waals surface area (Å²) < 4.78 is 4.66. The first kappa shape index (κ1) is 17.1. The summed E-state index contributed by atoms with van der Waals surface area (Å²) in [6.07, 6.45) is -0.194. The summed E-state index contributed by atoms with van der Waals surface area (Å²) in [6.45, 7) is 1.51. The quantitative estimate of drug-likeness (QED) is 0.483. The molecule has 126 valence electrons. The molecule has 0 saturated heterocycles. The number of methoxy groups -OCH3 is 1. The number of carbonyl (C=O) groups is 3. The van der Waals surface area contributed by atoms with Crippen LogP contribution < -0.4 is 10.6 Å². The van der Waals surface area contributed by atoms with Gasteiger partial charge in [-0.2, -0.15) is 0 Å². The number of rotatable bonds is 4. The van der Waals surface area contributed by atoms with E-state index < -0.39 is 22.7 Å². The zero-order valence-electron chi connectivity index (χ0n) is 13.0. The minimum atomic E-state index is -0.999. The summed E-state index contributed by atoms with van der Waals surface area (Å²) in [6, 6.07) is 5.22. The van der Waals surface area contributed by atoms with Crippen LogP contribution >= 0.6 is 0 Å². The standard InChI is InChI=1S/C15H15N3O6/c1-8-13(15(21)24-2)11(7-12(19)16-8)14(20)17-9-3-5-10(6-4-9)18(22)23/h3-6,11H,7H2,1-2H3,(H,16,19)(H,17,20). The van der Waals surface area contributed by atoms with Gasteiger partial charge in [0.1, 0.15) is 0 Å². The molecule has 2 rings (SSSR count). The molecule has 0 fully saturated rings. The van der Waals surface area contributed by atoms with Crippen molar-refractivity contribution < 1.29 is 24.0 Å². The van der Waals surface area contributed by atoms with Crippen LogP contribution in [0.4, 0.5) is 11.4 Å². The first-order valence-electron chi connectivity index (χ1n) is 6.97. The van der Waals surface area contributed by atoms with E-state index >= 15 is 0 Å². The van der Waals surface area contributed by atoms with Gasteiger partial charge in [0.15, 0.2) is 0 Å². The number of hydrogen-bond acceptors (Lipinski definition) is 6. The second kappa shape index (κ2) is 6.90. The third-order valence-electron chi connectivity index (χ3n) is 3.54. The molecule has 1 aromatic rings. The van der Waals surface area contributed by atoms with Crippen LogP contribution in [-0.2, 0) is 19.1 Å². The van der Waals surface area contributed by atoms with E-state index in [1.54, 1.807) is 0 Å². The molecule has 0 aliphatic carbocycles. The maximum absolute atomic E-state index is 12.4. The number of amides is 2. The molecule has 0 aromatic heterocycles. The molecule has 9 heteroatoms. The van der Waals surface area contributed by atoms with Crippen molar-refractivity contribution in [1.29, 1.82) is 0 Å². The van der Waals surface area contributed by atoms with Crippen molar-refractivity contribution in [3.05, 3.63) is 45.6 Å². The Bertz CT molecular complexity index is 738. The van der Waals surface area contributed by atoms with Gasteiger partial charge in [0.2, 0.25) is 11.8 Å². The highest BCUT2D eigenvalue weighted by atomic mass is 16.6. The fourth-order valence-corrected chi connectivity index (χ4v) is 2.40. The number of anilines is 1. The van der Waals surface area contributed by atoms with Crippen LogP contribution in [0.2, 0.25) is 0 Å². The van der Waals surface area contributed by atoms with Crippen molar-refractivity contribution in [2.24, 2.45) is 5.92 Å². The monoisotopic (exact) mass is 333 g/mol. The van der Waals surface area contributed by atoms with Gasteiger partial charge in [-0.1, -0.05) is 0 Å². The molecule has 2 N–H and O–H groups in total. The molecule has 9 nitrogen and oxygen atoms in total. The van der Waals surface area contributed by atoms with Crippen LogP contribution in [0.3, 0.4) is 0 Å². The third kappa shape index (κ3) is 3.57. The van der Waals surface area contributed by atoms with Crippen molar-refractivity contribution in [1.82, 2.24) is 5.32 Å². The van der Waals surface area contributed by atoms with Gasteiger partial charge in [-0.3, -0.25) is 19.7 Å². The minimum absolute atomic E-state index is 0.0801. The van der Waals surface area contributed by atoms with Crippen LogP contribution in [0.5, 0.6) is 0 Å². The van der Waals surface area contributed by atoms with Gasteiger partial charge in [-0.15, -0.1) is 0 Å². The van der Waals surface area contributed by atoms with Crippen LogP contribution in [0.1, 0.15) is 13.3 Å². The molecule has 1 heterocycles. The van der Waals surface area contributed by atoms with Crippen molar-refractivity contribution in [3.8, 4) is 0 Å². The molecule has 24 heavy (non-hydrogen) atoms. The first-order chi connectivity index (χ1) is 11.3. The molecule has 1 atom stereocenters. The van der Waals surface area contributed by atoms with Crippen LogP contribution in [0.25, 0.3) is 0 Å². The Morgan fingerprint density at radius 2 is 1.96 bits per heavy atom. The number of allylic oxidation sites excluding steroid dienone is 1. The number of esters is 1. The average molecular weight is 333 g/mol. The number of nitro benzene ring substituents is 1. The van der Waals surface area contributed by atoms with Gasteiger partial charge in [-0.05, 0) is 19.1 Å². The van der Waals surface area contributed by atoms with E-state index in [9.17, 15) is 24.5 Å². The number of ether oxygens (including phenoxy) is 1. The van der Waals surface area contributed by atoms with E-state index in [4.69, 9.17) is 0 Å². The normalized spacial score (nSPS) is 17.1. The lowest BCUT2D eigenvalue weighted by Gasteiger charge is -2.25. The zero-order chi connectivity index (χ0) is 17.9. The highest BCUT2D eigenvalue weighted by molar-refractivity contribution is 6.06. The van der Waals surface area contributed by atoms with Crippen molar-refractivity contribution in [3.63, 3.8) is 0 Å². The van der Waals surface area contributed by atoms with Gasteiger partial charge < -0.3 is 15.4 Å². The van der Waals surface area contributed by atoms with Crippen LogP contribution in [0.15, 0.2) is 35.5 Å². The summed E-state index contributed by atoms with van der Waals surface area (Å²) in [4.78, 5) is 46.1. The second-order valence-electron chi connectivity index (χ2n) is 5.13. The Kier molecular flexibility index (Phi) is 4.93. The van der Waals surface area contributed by atoms with E-state index in [0.29, 0.717) is 5.69 Å². The maximum atomic E-state index is 12.4. The number of nitrogens with zero attached hydrogens (tertiary/aromatic N) is 1. The maximum Gasteiger partial charge on any atom is 0.336 e. The molecule has 1 aromatic carbocycles. The Morgan fingerprint density at radius 1 is 1.33 bits per heavy atom. The van der Waals surface area contributed by atoms with Gasteiger partial charge >= 0.3 is 5.97 Å². The van der Waals surface area contributed by atoms with Crippen LogP contribution in [0, 0.1) is 16.0 Å². The predicted octanol–water partition coefficient (Wildman–Crippen LogP) is 1.12. The van der Waals surface area contributed by atoms with Gasteiger partial charge in [-0.25, -0.2) is 4.79 Å². The molecule has 1 unspecified atom stereocenters. The summed E-state index contributed by atoms with van der Waals surface area (Å²) in [5.41, 5.74) is 0.549. The summed E-state index contributed by atoms with van der Waals surface area (Å²) in [5, 5.41) is 15.7. The topological polar surface area (TPSA) is 128 Å². The number of hydrogen-bond donors (Lipinski definition) is 2. The van der Waals surface area contributed by atoms with E-state index in [1.165, 1.54) is 38.3 Å². The van der Waals surface area contributed by atoms with Gasteiger partial charge in [0.05, 0.1) is 23.5 Å². The zero-order valence-corrected chi connectivity index (χ0v) is 13.0. The summed E-state index contributed by atoms with van der Waals surface area (Å²) in [5.74, 6) is -2.65. The van der Waals surface area contributed by atoms with Crippen molar-refractivity contribution >= 4 is 29.2 Å². The Morgan fingerprint density at radius 3 is 2.50 bits per heavy atom. The molecule has 2 amide bonds. The number of benzene rings is 1. The SMILES string of the molecule is COC(=O)C1=C(C)NC(=O)CC1C(=O)Nc1ccc([N+](=O)[O-])cc1. The van der Waals surface area contributed by atoms with E-state index in [2.05, 4.69) is 15.4 Å². The molecule has 1 aliphatic heterocycles. The van der Waals surface area contributed by atoms with Crippen molar-refractivity contribution in [2.75, 3.05) is 12.4 Å². The lowest BCUT2D eigenvalue weighted by Crippen LogP contribution is -2.40. The van der Waals surface area contributed by atoms with E-state index in [-0.39, 0.29) is 29.3 Å². The molecular formula is C15H15N3O6. The fraction of sp³-hybridized carbons (Fsp3) is 0.267. The number of carbonyl (C=O) groups excluding carboxylic acids is 3. The van der Waals surface area contributed by atoms with Crippen molar-refractivity contribution in [2.45, 2.75) is 13.3 Å². The van der Waals surface area contributed by atoms with Gasteiger partial charge in [0, 0.05) is 29.9 Å². The average Bonchev–Trinajstić information content (AvgIpc) is 2.53.